The topological polar surface area (TPSA) is 98.2 Å². The number of thioether (sulfide) groups is 1. The second kappa shape index (κ2) is 6.90. The van der Waals surface area contributed by atoms with Gasteiger partial charge in [-0.3, -0.25) is 9.36 Å². The molecule has 0 aromatic carbocycles. The molecule has 0 atom stereocenters. The Morgan fingerprint density at radius 1 is 1.40 bits per heavy atom. The number of amides is 1. The molecule has 0 saturated carbocycles. The number of aliphatic hydroxyl groups is 1. The summed E-state index contributed by atoms with van der Waals surface area (Å²) in [6.07, 6.45) is 4.39. The van der Waals surface area contributed by atoms with Crippen molar-refractivity contribution in [2.24, 2.45) is 5.73 Å². The summed E-state index contributed by atoms with van der Waals surface area (Å²) in [7, 11) is 0. The summed E-state index contributed by atoms with van der Waals surface area (Å²) in [5.74, 6) is -0.273. The Bertz CT molecular complexity index is 557. The second-order valence-electron chi connectivity index (χ2n) is 4.82. The molecule has 1 heterocycles. The van der Waals surface area contributed by atoms with Gasteiger partial charge in [0.1, 0.15) is 5.03 Å². The van der Waals surface area contributed by atoms with Crippen LogP contribution >= 0.6 is 11.8 Å². The zero-order chi connectivity index (χ0) is 14.5. The molecule has 7 heteroatoms. The Hall–Kier alpha value is -1.34. The van der Waals surface area contributed by atoms with Crippen LogP contribution in [0.15, 0.2) is 9.82 Å². The molecule has 2 rings (SSSR count). The van der Waals surface area contributed by atoms with E-state index in [2.05, 4.69) is 4.98 Å². The molecule has 0 aliphatic heterocycles. The van der Waals surface area contributed by atoms with Gasteiger partial charge in [-0.05, 0) is 32.1 Å². The van der Waals surface area contributed by atoms with Crippen molar-refractivity contribution in [2.45, 2.75) is 43.7 Å². The molecule has 0 fully saturated rings. The van der Waals surface area contributed by atoms with Crippen LogP contribution in [0.1, 0.15) is 30.5 Å². The summed E-state index contributed by atoms with van der Waals surface area (Å²) < 4.78 is 1.67. The van der Waals surface area contributed by atoms with Gasteiger partial charge in [-0.15, -0.1) is 0 Å². The molecule has 20 heavy (non-hydrogen) atoms. The highest BCUT2D eigenvalue weighted by Gasteiger charge is 2.20. The number of carbonyl (C=O) groups is 1. The van der Waals surface area contributed by atoms with Crippen LogP contribution in [-0.4, -0.2) is 32.9 Å². The molecule has 0 spiro atoms. The van der Waals surface area contributed by atoms with Crippen LogP contribution in [0.5, 0.6) is 0 Å². The molecule has 1 aliphatic rings. The minimum atomic E-state index is -0.411. The minimum Gasteiger partial charge on any atom is -0.396 e. The van der Waals surface area contributed by atoms with Crippen LogP contribution in [0, 0.1) is 0 Å². The molecular formula is C13H19N3O3S. The lowest BCUT2D eigenvalue weighted by Crippen LogP contribution is -2.30. The van der Waals surface area contributed by atoms with E-state index in [0.29, 0.717) is 18.0 Å². The molecule has 0 saturated heterocycles. The van der Waals surface area contributed by atoms with E-state index in [9.17, 15) is 9.59 Å². The maximum absolute atomic E-state index is 12.1. The van der Waals surface area contributed by atoms with Crippen molar-refractivity contribution in [3.05, 3.63) is 21.7 Å². The van der Waals surface area contributed by atoms with Gasteiger partial charge >= 0.3 is 5.69 Å². The first-order valence-electron chi connectivity index (χ1n) is 6.78. The summed E-state index contributed by atoms with van der Waals surface area (Å²) in [5, 5.41) is 9.57. The summed E-state index contributed by atoms with van der Waals surface area (Å²) >= 11 is 1.24. The Kier molecular flexibility index (Phi) is 5.19. The van der Waals surface area contributed by atoms with Gasteiger partial charge in [0.05, 0.1) is 5.75 Å². The maximum Gasteiger partial charge on any atom is 0.348 e. The zero-order valence-electron chi connectivity index (χ0n) is 11.3. The van der Waals surface area contributed by atoms with Gasteiger partial charge in [0.25, 0.3) is 0 Å². The first kappa shape index (κ1) is 15.1. The fraction of sp³-hybridized carbons (Fsp3) is 0.615. The van der Waals surface area contributed by atoms with Gasteiger partial charge in [-0.25, -0.2) is 4.79 Å². The van der Waals surface area contributed by atoms with E-state index < -0.39 is 5.91 Å². The van der Waals surface area contributed by atoms with Crippen LogP contribution in [0.3, 0.4) is 0 Å². The number of aromatic nitrogens is 2. The molecule has 1 amide bonds. The number of nitrogens with zero attached hydrogens (tertiary/aromatic N) is 2. The zero-order valence-corrected chi connectivity index (χ0v) is 12.1. The number of hydrogen-bond donors (Lipinski definition) is 2. The number of carbonyl (C=O) groups excluding carboxylic acids is 1. The fourth-order valence-corrected chi connectivity index (χ4v) is 3.28. The van der Waals surface area contributed by atoms with Crippen molar-refractivity contribution in [1.29, 1.82) is 0 Å². The summed E-state index contributed by atoms with van der Waals surface area (Å²) in [6.45, 7) is 0.546. The van der Waals surface area contributed by atoms with Crippen LogP contribution in [0.2, 0.25) is 0 Å². The third-order valence-electron chi connectivity index (χ3n) is 3.34. The van der Waals surface area contributed by atoms with E-state index in [4.69, 9.17) is 10.8 Å². The number of nitrogens with two attached hydrogens (primary N) is 1. The predicted octanol–water partition coefficient (Wildman–Crippen LogP) is 0.0819. The number of fused-ring (bicyclic) bond motifs is 1. The summed E-state index contributed by atoms with van der Waals surface area (Å²) in [5.41, 5.74) is 6.93. The van der Waals surface area contributed by atoms with Gasteiger partial charge in [0.15, 0.2) is 0 Å². The van der Waals surface area contributed by atoms with Gasteiger partial charge in [0.2, 0.25) is 5.91 Å². The number of aliphatic hydroxyl groups excluding tert-OH is 1. The molecule has 1 aromatic heterocycles. The normalized spacial score (nSPS) is 14.1. The van der Waals surface area contributed by atoms with E-state index in [0.717, 1.165) is 36.9 Å². The lowest BCUT2D eigenvalue weighted by Gasteiger charge is -2.22. The molecular weight excluding hydrogens is 278 g/mol. The van der Waals surface area contributed by atoms with Crippen molar-refractivity contribution in [2.75, 3.05) is 12.4 Å². The average molecular weight is 297 g/mol. The summed E-state index contributed by atoms with van der Waals surface area (Å²) in [6, 6.07) is 0. The molecule has 3 N–H and O–H groups in total. The summed E-state index contributed by atoms with van der Waals surface area (Å²) in [4.78, 5) is 27.1. The first-order chi connectivity index (χ1) is 9.63. The van der Waals surface area contributed by atoms with E-state index in [-0.39, 0.29) is 18.0 Å². The number of hydrogen-bond acceptors (Lipinski definition) is 5. The smallest absolute Gasteiger partial charge is 0.348 e. The Labute approximate surface area is 121 Å². The van der Waals surface area contributed by atoms with Crippen LogP contribution in [0.4, 0.5) is 0 Å². The Morgan fingerprint density at radius 3 is 2.85 bits per heavy atom. The van der Waals surface area contributed by atoms with Gasteiger partial charge < -0.3 is 10.8 Å². The van der Waals surface area contributed by atoms with Crippen molar-refractivity contribution >= 4 is 17.7 Å². The Morgan fingerprint density at radius 2 is 2.15 bits per heavy atom. The lowest BCUT2D eigenvalue weighted by molar-refractivity contribution is -0.115. The van der Waals surface area contributed by atoms with Gasteiger partial charge in [-0.2, -0.15) is 4.98 Å². The van der Waals surface area contributed by atoms with Crippen molar-refractivity contribution in [1.82, 2.24) is 9.55 Å². The van der Waals surface area contributed by atoms with E-state index in [1.165, 1.54) is 11.8 Å². The molecule has 110 valence electrons. The highest BCUT2D eigenvalue weighted by molar-refractivity contribution is 7.99. The molecule has 0 bridgehead atoms. The maximum atomic E-state index is 12.1. The van der Waals surface area contributed by atoms with E-state index >= 15 is 0 Å². The quantitative estimate of drug-likeness (QED) is 0.572. The van der Waals surface area contributed by atoms with Crippen molar-refractivity contribution < 1.29 is 9.90 Å². The van der Waals surface area contributed by atoms with Crippen LogP contribution in [0.25, 0.3) is 0 Å². The van der Waals surface area contributed by atoms with Crippen LogP contribution < -0.4 is 11.4 Å². The molecule has 6 nitrogen and oxygen atoms in total. The van der Waals surface area contributed by atoms with Crippen LogP contribution in [-0.2, 0) is 24.2 Å². The van der Waals surface area contributed by atoms with Crippen molar-refractivity contribution in [3.63, 3.8) is 0 Å². The molecule has 0 unspecified atom stereocenters. The molecule has 1 aromatic rings. The largest absolute Gasteiger partial charge is 0.396 e. The number of rotatable bonds is 6. The third-order valence-corrected chi connectivity index (χ3v) is 4.38. The van der Waals surface area contributed by atoms with Crippen molar-refractivity contribution in [3.8, 4) is 0 Å². The Balaban J connectivity index is 2.37. The lowest BCUT2D eigenvalue weighted by atomic mass is 9.97. The standard InChI is InChI=1S/C13H19N3O3S/c14-11(18)8-20-12-9-4-1-2-5-10(9)16(6-3-7-17)13(19)15-12/h17H,1-8H2,(H2,14,18). The minimum absolute atomic E-state index is 0.0550. The SMILES string of the molecule is NC(=O)CSc1nc(=O)n(CCCO)c2c1CCCC2. The highest BCUT2D eigenvalue weighted by atomic mass is 32.2. The van der Waals surface area contributed by atoms with E-state index in [1.54, 1.807) is 4.57 Å². The van der Waals surface area contributed by atoms with Gasteiger partial charge in [0, 0.05) is 24.4 Å². The second-order valence-corrected chi connectivity index (χ2v) is 5.78. The molecule has 1 aliphatic carbocycles. The first-order valence-corrected chi connectivity index (χ1v) is 7.76. The van der Waals surface area contributed by atoms with Gasteiger partial charge in [-0.1, -0.05) is 11.8 Å². The molecule has 0 radical (unpaired) electrons. The predicted molar refractivity (Wildman–Crippen MR) is 76.8 cm³/mol. The fourth-order valence-electron chi connectivity index (χ4n) is 2.47. The average Bonchev–Trinajstić information content (AvgIpc) is 2.44. The monoisotopic (exact) mass is 297 g/mol. The third kappa shape index (κ3) is 3.40. The highest BCUT2D eigenvalue weighted by Crippen LogP contribution is 2.28. The van der Waals surface area contributed by atoms with E-state index in [1.807, 2.05) is 0 Å². The number of primary amides is 1.